The molecule has 7 nitrogen and oxygen atoms in total. The molecule has 0 aromatic carbocycles. The van der Waals surface area contributed by atoms with Gasteiger partial charge in [-0.25, -0.2) is 4.79 Å². The molecule has 1 fully saturated rings. The van der Waals surface area contributed by atoms with Crippen molar-refractivity contribution in [2.45, 2.75) is 117 Å². The minimum Gasteiger partial charge on any atom is -0.458 e. The minimum atomic E-state index is -0.963. The summed E-state index contributed by atoms with van der Waals surface area (Å²) in [5.74, 6) is -0.294. The third kappa shape index (κ3) is 9.12. The van der Waals surface area contributed by atoms with Crippen LogP contribution in [0.4, 0.5) is 0 Å². The van der Waals surface area contributed by atoms with E-state index in [1.165, 1.54) is 0 Å². The maximum absolute atomic E-state index is 13.3. The predicted molar refractivity (Wildman–Crippen MR) is 129 cm³/mol. The molecule has 32 heavy (non-hydrogen) atoms. The van der Waals surface area contributed by atoms with Gasteiger partial charge >= 0.3 is 13.1 Å². The first-order valence-electron chi connectivity index (χ1n) is 11.8. The van der Waals surface area contributed by atoms with Crippen LogP contribution in [0.15, 0.2) is 4.99 Å². The molecule has 1 atom stereocenters. The normalized spacial score (nSPS) is 19.5. The maximum Gasteiger partial charge on any atom is 0.457 e. The number of carbonyl (C=O) groups is 1. The van der Waals surface area contributed by atoms with E-state index in [0.717, 1.165) is 24.9 Å². The highest BCUT2D eigenvalue weighted by atomic mass is 16.7. The fourth-order valence-electron chi connectivity index (χ4n) is 3.58. The van der Waals surface area contributed by atoms with E-state index in [9.17, 15) is 4.79 Å². The minimum absolute atomic E-state index is 0.232. The van der Waals surface area contributed by atoms with Gasteiger partial charge in [-0.2, -0.15) is 0 Å². The van der Waals surface area contributed by atoms with Crippen molar-refractivity contribution < 1.29 is 28.3 Å². The second kappa shape index (κ2) is 12.0. The lowest BCUT2D eigenvalue weighted by Crippen LogP contribution is -2.43. The van der Waals surface area contributed by atoms with Crippen molar-refractivity contribution in [1.82, 2.24) is 0 Å². The summed E-state index contributed by atoms with van der Waals surface area (Å²) in [6.07, 6.45) is 3.49. The number of methoxy groups -OCH3 is 1. The summed E-state index contributed by atoms with van der Waals surface area (Å²) < 4.78 is 28.7. The van der Waals surface area contributed by atoms with E-state index < -0.39 is 11.1 Å². The Morgan fingerprint density at radius 1 is 0.938 bits per heavy atom. The molecule has 8 heteroatoms. The molecule has 0 bridgehead atoms. The Kier molecular flexibility index (Phi) is 10.9. The summed E-state index contributed by atoms with van der Waals surface area (Å²) in [4.78, 5) is 18.1. The molecule has 1 aliphatic rings. The molecule has 0 aromatic heterocycles. The largest absolute Gasteiger partial charge is 0.458 e. The van der Waals surface area contributed by atoms with Gasteiger partial charge in [-0.1, -0.05) is 12.8 Å². The molecular weight excluding hydrogens is 409 g/mol. The summed E-state index contributed by atoms with van der Waals surface area (Å²) in [5, 5.41) is 0. The lowest BCUT2D eigenvalue weighted by Gasteiger charge is -2.32. The van der Waals surface area contributed by atoms with E-state index in [4.69, 9.17) is 28.5 Å². The summed E-state index contributed by atoms with van der Waals surface area (Å²) in [7, 11) is 1.41. The van der Waals surface area contributed by atoms with E-state index in [2.05, 4.69) is 27.7 Å². The van der Waals surface area contributed by atoms with Crippen LogP contribution in [0.25, 0.3) is 0 Å². The van der Waals surface area contributed by atoms with E-state index >= 15 is 0 Å². The summed E-state index contributed by atoms with van der Waals surface area (Å²) in [6, 6.07) is 0. The van der Waals surface area contributed by atoms with Crippen LogP contribution >= 0.6 is 0 Å². The van der Waals surface area contributed by atoms with Gasteiger partial charge in [0.1, 0.15) is 5.60 Å². The van der Waals surface area contributed by atoms with Crippen molar-refractivity contribution in [2.24, 2.45) is 4.99 Å². The SMILES string of the molecule is COCCOCCC(CCCCB1OC(C)(C)C(C)(C)O1)(N=C(C)C)C(=O)OC(C)(C)C. The molecule has 1 heterocycles. The molecule has 1 rings (SSSR count). The fraction of sp³-hybridized carbons (Fsp3) is 0.917. The van der Waals surface area contributed by atoms with Crippen LogP contribution in [0.3, 0.4) is 0 Å². The first-order chi connectivity index (χ1) is 14.6. The van der Waals surface area contributed by atoms with Crippen molar-refractivity contribution in [3.63, 3.8) is 0 Å². The molecule has 0 aliphatic carbocycles. The number of esters is 1. The number of unbranched alkanes of at least 4 members (excludes halogenated alkanes) is 1. The smallest absolute Gasteiger partial charge is 0.457 e. The summed E-state index contributed by atoms with van der Waals surface area (Å²) >= 11 is 0. The molecule has 1 saturated heterocycles. The number of nitrogens with zero attached hydrogens (tertiary/aromatic N) is 1. The Morgan fingerprint density at radius 3 is 2.03 bits per heavy atom. The number of aliphatic imine (C=N–C) groups is 1. The number of carbonyl (C=O) groups excluding carboxylic acids is 1. The molecule has 0 radical (unpaired) electrons. The third-order valence-electron chi connectivity index (χ3n) is 5.89. The van der Waals surface area contributed by atoms with Crippen LogP contribution < -0.4 is 0 Å². The van der Waals surface area contributed by atoms with E-state index in [0.29, 0.717) is 32.7 Å². The second-order valence-electron chi connectivity index (χ2n) is 10.9. The molecule has 1 aliphatic heterocycles. The summed E-state index contributed by atoms with van der Waals surface area (Å²) in [6.45, 7) is 19.1. The van der Waals surface area contributed by atoms with E-state index in [-0.39, 0.29) is 24.3 Å². The average molecular weight is 455 g/mol. The molecule has 0 aromatic rings. The zero-order chi connectivity index (χ0) is 24.6. The van der Waals surface area contributed by atoms with Gasteiger partial charge in [0, 0.05) is 25.8 Å². The number of ether oxygens (including phenoxy) is 3. The van der Waals surface area contributed by atoms with Gasteiger partial charge in [0.15, 0.2) is 5.54 Å². The van der Waals surface area contributed by atoms with Gasteiger partial charge in [-0.3, -0.25) is 4.99 Å². The first-order valence-corrected chi connectivity index (χ1v) is 11.8. The fourth-order valence-corrected chi connectivity index (χ4v) is 3.58. The Labute approximate surface area is 196 Å². The lowest BCUT2D eigenvalue weighted by molar-refractivity contribution is -0.162. The standard InChI is InChI=1S/C24H46BNO6/c1-19(2)26-24(14-16-29-18-17-28-10,20(27)30-21(3,4)5)13-11-12-15-25-31-22(6,7)23(8,9)32-25/h11-18H2,1-10H3. The van der Waals surface area contributed by atoms with Gasteiger partial charge in [0.25, 0.3) is 0 Å². The topological polar surface area (TPSA) is 75.6 Å². The van der Waals surface area contributed by atoms with Crippen LogP contribution in [0.5, 0.6) is 0 Å². The number of hydrogen-bond acceptors (Lipinski definition) is 7. The van der Waals surface area contributed by atoms with Crippen LogP contribution in [0.1, 0.15) is 88.0 Å². The Morgan fingerprint density at radius 2 is 1.53 bits per heavy atom. The third-order valence-corrected chi connectivity index (χ3v) is 5.89. The Bertz CT molecular complexity index is 608. The van der Waals surface area contributed by atoms with Crippen molar-refractivity contribution in [2.75, 3.05) is 26.9 Å². The number of rotatable bonds is 13. The maximum atomic E-state index is 13.3. The summed E-state index contributed by atoms with van der Waals surface area (Å²) in [5.41, 5.74) is -1.37. The van der Waals surface area contributed by atoms with E-state index in [1.807, 2.05) is 34.6 Å². The molecule has 186 valence electrons. The molecule has 0 spiro atoms. The quantitative estimate of drug-likeness (QED) is 0.171. The zero-order valence-corrected chi connectivity index (χ0v) is 22.1. The molecule has 0 saturated carbocycles. The van der Waals surface area contributed by atoms with Crippen LogP contribution in [-0.2, 0) is 28.3 Å². The van der Waals surface area contributed by atoms with Crippen molar-refractivity contribution in [1.29, 1.82) is 0 Å². The van der Waals surface area contributed by atoms with E-state index in [1.54, 1.807) is 7.11 Å². The monoisotopic (exact) mass is 455 g/mol. The molecule has 1 unspecified atom stereocenters. The highest BCUT2D eigenvalue weighted by Gasteiger charge is 2.50. The molecule has 0 amide bonds. The molecular formula is C24H46BNO6. The van der Waals surface area contributed by atoms with Gasteiger partial charge in [0.2, 0.25) is 0 Å². The predicted octanol–water partition coefficient (Wildman–Crippen LogP) is 4.86. The van der Waals surface area contributed by atoms with Gasteiger partial charge < -0.3 is 23.5 Å². The van der Waals surface area contributed by atoms with Crippen molar-refractivity contribution in [3.05, 3.63) is 0 Å². The van der Waals surface area contributed by atoms with Gasteiger partial charge in [0.05, 0.1) is 24.4 Å². The average Bonchev–Trinajstić information content (AvgIpc) is 2.83. The van der Waals surface area contributed by atoms with Gasteiger partial charge in [-0.15, -0.1) is 0 Å². The van der Waals surface area contributed by atoms with Crippen LogP contribution in [-0.4, -0.2) is 68.1 Å². The van der Waals surface area contributed by atoms with Gasteiger partial charge in [-0.05, 0) is 75.1 Å². The van der Waals surface area contributed by atoms with Crippen LogP contribution in [0, 0.1) is 0 Å². The van der Waals surface area contributed by atoms with Crippen LogP contribution in [0.2, 0.25) is 6.32 Å². The van der Waals surface area contributed by atoms with Crippen molar-refractivity contribution in [3.8, 4) is 0 Å². The molecule has 0 N–H and O–H groups in total. The zero-order valence-electron chi connectivity index (χ0n) is 22.1. The Balaban J connectivity index is 2.84. The first kappa shape index (κ1) is 29.1. The number of hydrogen-bond donors (Lipinski definition) is 0. The highest BCUT2D eigenvalue weighted by Crippen LogP contribution is 2.38. The highest BCUT2D eigenvalue weighted by molar-refractivity contribution is 6.45. The van der Waals surface area contributed by atoms with Crippen molar-refractivity contribution >= 4 is 18.8 Å². The Hall–Kier alpha value is -0.955. The second-order valence-corrected chi connectivity index (χ2v) is 10.9. The lowest BCUT2D eigenvalue weighted by atomic mass is 9.80.